The van der Waals surface area contributed by atoms with Gasteiger partial charge in [0, 0.05) is 17.0 Å². The lowest BCUT2D eigenvalue weighted by Gasteiger charge is -2.12. The number of hydrogen-bond acceptors (Lipinski definition) is 4. The fourth-order valence-corrected chi connectivity index (χ4v) is 3.88. The molecule has 0 radical (unpaired) electrons. The predicted molar refractivity (Wildman–Crippen MR) is 140 cm³/mol. The Hall–Kier alpha value is -4.71. The maximum Gasteiger partial charge on any atom is 0.257 e. The number of fused-ring (bicyclic) bond motifs is 1. The van der Waals surface area contributed by atoms with E-state index in [-0.39, 0.29) is 5.91 Å². The number of ether oxygens (including phenoxy) is 1. The number of aryl methyl sites for hydroxylation is 1. The van der Waals surface area contributed by atoms with Crippen LogP contribution in [0.5, 0.6) is 5.75 Å². The van der Waals surface area contributed by atoms with Crippen LogP contribution >= 0.6 is 0 Å². The van der Waals surface area contributed by atoms with Crippen LogP contribution in [0, 0.1) is 6.92 Å². The quantitative estimate of drug-likeness (QED) is 0.252. The molecule has 6 nitrogen and oxygen atoms in total. The number of rotatable bonds is 6. The maximum absolute atomic E-state index is 13.6. The molecule has 0 bridgehead atoms. The van der Waals surface area contributed by atoms with Gasteiger partial charge in [0.25, 0.3) is 5.91 Å². The molecule has 1 amide bonds. The normalized spacial score (nSPS) is 11.4. The number of nitrogens with one attached hydrogen (secondary N) is 1. The van der Waals surface area contributed by atoms with Gasteiger partial charge in [-0.05, 0) is 54.5 Å². The number of hydrogen-bond donors (Lipinski definition) is 1. The van der Waals surface area contributed by atoms with Gasteiger partial charge in [-0.3, -0.25) is 4.79 Å². The van der Waals surface area contributed by atoms with Crippen LogP contribution in [0.25, 0.3) is 28.4 Å². The van der Waals surface area contributed by atoms with Crippen molar-refractivity contribution in [3.8, 4) is 11.6 Å². The lowest BCUT2D eigenvalue weighted by Crippen LogP contribution is -2.17. The molecule has 2 heterocycles. The van der Waals surface area contributed by atoms with Gasteiger partial charge in [0.2, 0.25) is 0 Å². The van der Waals surface area contributed by atoms with Gasteiger partial charge < -0.3 is 10.1 Å². The summed E-state index contributed by atoms with van der Waals surface area (Å²) < 4.78 is 6.92. The summed E-state index contributed by atoms with van der Waals surface area (Å²) in [6.07, 6.45) is 1.87. The van der Waals surface area contributed by atoms with Gasteiger partial charge in [-0.1, -0.05) is 60.7 Å². The molecule has 0 fully saturated rings. The summed E-state index contributed by atoms with van der Waals surface area (Å²) in [5.41, 5.74) is 3.87. The van der Waals surface area contributed by atoms with Gasteiger partial charge in [-0.2, -0.15) is 9.78 Å². The Morgan fingerprint density at radius 3 is 2.43 bits per heavy atom. The van der Waals surface area contributed by atoms with Crippen molar-refractivity contribution >= 4 is 34.3 Å². The number of para-hydroxylation sites is 1. The second kappa shape index (κ2) is 9.65. The molecule has 5 rings (SSSR count). The van der Waals surface area contributed by atoms with Crippen molar-refractivity contribution in [1.29, 1.82) is 0 Å². The molecule has 3 aromatic carbocycles. The van der Waals surface area contributed by atoms with Crippen LogP contribution in [0.4, 0.5) is 5.82 Å². The zero-order chi connectivity index (χ0) is 24.2. The van der Waals surface area contributed by atoms with Gasteiger partial charge in [0.1, 0.15) is 11.6 Å². The highest BCUT2D eigenvalue weighted by Gasteiger charge is 2.17. The lowest BCUT2D eigenvalue weighted by atomic mass is 10.0. The van der Waals surface area contributed by atoms with E-state index in [4.69, 9.17) is 9.72 Å². The summed E-state index contributed by atoms with van der Waals surface area (Å²) in [7, 11) is 1.63. The number of anilines is 1. The van der Waals surface area contributed by atoms with E-state index < -0.39 is 0 Å². The number of aromatic nitrogens is 3. The van der Waals surface area contributed by atoms with Crippen LogP contribution in [0.3, 0.4) is 0 Å². The molecule has 5 aromatic rings. The molecule has 6 heteroatoms. The van der Waals surface area contributed by atoms with Gasteiger partial charge in [-0.15, -0.1) is 0 Å². The highest BCUT2D eigenvalue weighted by molar-refractivity contribution is 6.29. The summed E-state index contributed by atoms with van der Waals surface area (Å²) >= 11 is 0. The molecule has 0 aliphatic carbocycles. The number of pyridine rings is 1. The Balaban J connectivity index is 1.51. The first-order valence-electron chi connectivity index (χ1n) is 11.3. The Morgan fingerprint density at radius 2 is 1.66 bits per heavy atom. The molecular formula is C29H24N4O2. The third-order valence-electron chi connectivity index (χ3n) is 5.63. The van der Waals surface area contributed by atoms with E-state index >= 15 is 0 Å². The van der Waals surface area contributed by atoms with Crippen molar-refractivity contribution in [2.45, 2.75) is 6.92 Å². The second-order valence-corrected chi connectivity index (χ2v) is 8.10. The Morgan fingerprint density at radius 1 is 0.914 bits per heavy atom. The van der Waals surface area contributed by atoms with Gasteiger partial charge in [0.05, 0.1) is 18.3 Å². The van der Waals surface area contributed by atoms with Gasteiger partial charge in [0.15, 0.2) is 5.82 Å². The Bertz CT molecular complexity index is 1520. The van der Waals surface area contributed by atoms with Crippen molar-refractivity contribution in [3.63, 3.8) is 0 Å². The van der Waals surface area contributed by atoms with Crippen LogP contribution in [-0.2, 0) is 4.79 Å². The topological polar surface area (TPSA) is 69.0 Å². The summed E-state index contributed by atoms with van der Waals surface area (Å²) in [5, 5.41) is 8.67. The molecule has 1 N–H and O–H groups in total. The van der Waals surface area contributed by atoms with Crippen molar-refractivity contribution in [2.75, 3.05) is 12.4 Å². The summed E-state index contributed by atoms with van der Waals surface area (Å²) in [6, 6.07) is 30.8. The van der Waals surface area contributed by atoms with Crippen molar-refractivity contribution in [1.82, 2.24) is 14.8 Å². The molecule has 0 aliphatic rings. The highest BCUT2D eigenvalue weighted by Crippen LogP contribution is 2.24. The van der Waals surface area contributed by atoms with E-state index in [1.54, 1.807) is 11.8 Å². The summed E-state index contributed by atoms with van der Waals surface area (Å²) in [4.78, 5) is 18.3. The minimum absolute atomic E-state index is 0.242. The first kappa shape index (κ1) is 22.1. The van der Waals surface area contributed by atoms with Gasteiger partial charge in [-0.25, -0.2) is 4.98 Å². The fraction of sp³-hybridized carbons (Fsp3) is 0.0690. The summed E-state index contributed by atoms with van der Waals surface area (Å²) in [5.74, 6) is 1.70. The highest BCUT2D eigenvalue weighted by atomic mass is 16.5. The molecule has 0 spiro atoms. The number of nitrogens with zero attached hydrogens (tertiary/aromatic N) is 3. The smallest absolute Gasteiger partial charge is 0.257 e. The number of benzene rings is 3. The minimum Gasteiger partial charge on any atom is -0.497 e. The average molecular weight is 461 g/mol. The van der Waals surface area contributed by atoms with Crippen molar-refractivity contribution < 1.29 is 9.53 Å². The molecule has 35 heavy (non-hydrogen) atoms. The van der Waals surface area contributed by atoms with Crippen LogP contribution in [0.15, 0.2) is 97.1 Å². The van der Waals surface area contributed by atoms with Crippen LogP contribution < -0.4 is 10.1 Å². The molecule has 0 saturated heterocycles. The number of carbonyl (C=O) groups excluding carboxylic acids is 1. The molecule has 172 valence electrons. The fourth-order valence-electron chi connectivity index (χ4n) is 3.88. The number of methoxy groups -OCH3 is 1. The molecule has 0 unspecified atom stereocenters. The molecule has 0 saturated carbocycles. The molecule has 2 aromatic heterocycles. The summed E-state index contributed by atoms with van der Waals surface area (Å²) in [6.45, 7) is 1.89. The average Bonchev–Trinajstić information content (AvgIpc) is 3.27. The van der Waals surface area contributed by atoms with Gasteiger partial charge >= 0.3 is 0 Å². The van der Waals surface area contributed by atoms with Crippen molar-refractivity contribution in [2.24, 2.45) is 0 Å². The monoisotopic (exact) mass is 460 g/mol. The lowest BCUT2D eigenvalue weighted by molar-refractivity contribution is -0.111. The second-order valence-electron chi connectivity index (χ2n) is 8.10. The Kier molecular flexibility index (Phi) is 6.09. The Labute approximate surface area is 203 Å². The SMILES string of the molecule is COc1ccc(/C=C(/C(=O)Nc2cc(C)nn2-c2ccc3ccccc3n2)c2ccccc2)cc1. The first-order chi connectivity index (χ1) is 17.1. The van der Waals surface area contributed by atoms with E-state index in [2.05, 4.69) is 10.4 Å². The minimum atomic E-state index is -0.242. The van der Waals surface area contributed by atoms with Crippen LogP contribution in [0.1, 0.15) is 16.8 Å². The molecule has 0 atom stereocenters. The van der Waals surface area contributed by atoms with Crippen LogP contribution in [-0.4, -0.2) is 27.8 Å². The standard InChI is InChI=1S/C29H24N4O2/c1-20-18-28(33(32-20)27-17-14-23-10-6-7-11-26(23)30-27)31-29(34)25(22-8-4-3-5-9-22)19-21-12-15-24(35-2)16-13-21/h3-19H,1-2H3,(H,31,34)/b25-19+. The van der Waals surface area contributed by atoms with E-state index in [9.17, 15) is 4.79 Å². The molecular weight excluding hydrogens is 436 g/mol. The predicted octanol–water partition coefficient (Wildman–Crippen LogP) is 5.92. The number of carbonyl (C=O) groups is 1. The van der Waals surface area contributed by atoms with E-state index in [0.29, 0.717) is 17.2 Å². The third-order valence-corrected chi connectivity index (χ3v) is 5.63. The number of amides is 1. The zero-order valence-corrected chi connectivity index (χ0v) is 19.5. The molecule has 0 aliphatic heterocycles. The van der Waals surface area contributed by atoms with Crippen LogP contribution in [0.2, 0.25) is 0 Å². The largest absolute Gasteiger partial charge is 0.497 e. The first-order valence-corrected chi connectivity index (χ1v) is 11.3. The van der Waals surface area contributed by atoms with E-state index in [1.165, 1.54) is 0 Å². The van der Waals surface area contributed by atoms with E-state index in [0.717, 1.165) is 33.5 Å². The van der Waals surface area contributed by atoms with Crippen molar-refractivity contribution in [3.05, 3.63) is 114 Å². The van der Waals surface area contributed by atoms with E-state index in [1.807, 2.05) is 110 Å². The zero-order valence-electron chi connectivity index (χ0n) is 19.5. The third kappa shape index (κ3) is 4.82. The maximum atomic E-state index is 13.6.